The SMILES string of the molecule is CC(=O)Nc1cccc(NC(=O)COC(=O)CCC(C)C)c1. The Labute approximate surface area is 130 Å². The van der Waals surface area contributed by atoms with Gasteiger partial charge in [0.15, 0.2) is 6.61 Å². The van der Waals surface area contributed by atoms with Crippen molar-refractivity contribution in [2.45, 2.75) is 33.6 Å². The lowest BCUT2D eigenvalue weighted by molar-refractivity contribution is -0.147. The van der Waals surface area contributed by atoms with Crippen LogP contribution in [0.2, 0.25) is 0 Å². The van der Waals surface area contributed by atoms with Crippen LogP contribution in [0.1, 0.15) is 33.6 Å². The fourth-order valence-corrected chi connectivity index (χ4v) is 1.70. The van der Waals surface area contributed by atoms with E-state index in [4.69, 9.17) is 4.74 Å². The topological polar surface area (TPSA) is 84.5 Å². The fourth-order valence-electron chi connectivity index (χ4n) is 1.70. The lowest BCUT2D eigenvalue weighted by Crippen LogP contribution is -2.21. The molecule has 22 heavy (non-hydrogen) atoms. The molecule has 0 heterocycles. The second kappa shape index (κ2) is 8.81. The Morgan fingerprint density at radius 1 is 1.14 bits per heavy atom. The van der Waals surface area contributed by atoms with Gasteiger partial charge in [-0.2, -0.15) is 0 Å². The molecule has 0 radical (unpaired) electrons. The minimum Gasteiger partial charge on any atom is -0.456 e. The number of esters is 1. The van der Waals surface area contributed by atoms with Gasteiger partial charge in [0.25, 0.3) is 5.91 Å². The second-order valence-electron chi connectivity index (χ2n) is 5.40. The van der Waals surface area contributed by atoms with Gasteiger partial charge in [-0.1, -0.05) is 19.9 Å². The van der Waals surface area contributed by atoms with Crippen LogP contribution in [0.5, 0.6) is 0 Å². The quantitative estimate of drug-likeness (QED) is 0.758. The van der Waals surface area contributed by atoms with Crippen molar-refractivity contribution in [3.8, 4) is 0 Å². The molecule has 0 aliphatic rings. The Morgan fingerprint density at radius 3 is 2.36 bits per heavy atom. The van der Waals surface area contributed by atoms with E-state index in [1.807, 2.05) is 13.8 Å². The highest BCUT2D eigenvalue weighted by atomic mass is 16.5. The number of hydrogen-bond donors (Lipinski definition) is 2. The summed E-state index contributed by atoms with van der Waals surface area (Å²) < 4.78 is 4.90. The van der Waals surface area contributed by atoms with Crippen molar-refractivity contribution >= 4 is 29.2 Å². The standard InChI is InChI=1S/C16H22N2O4/c1-11(2)7-8-16(21)22-10-15(20)18-14-6-4-5-13(9-14)17-12(3)19/h4-6,9,11H,7-8,10H2,1-3H3,(H,17,19)(H,18,20). The first-order valence-electron chi connectivity index (χ1n) is 7.20. The van der Waals surface area contributed by atoms with Gasteiger partial charge in [0, 0.05) is 24.7 Å². The summed E-state index contributed by atoms with van der Waals surface area (Å²) in [7, 11) is 0. The first-order chi connectivity index (χ1) is 10.4. The summed E-state index contributed by atoms with van der Waals surface area (Å²) in [5.74, 6) is -0.575. The average molecular weight is 306 g/mol. The van der Waals surface area contributed by atoms with Gasteiger partial charge in [-0.15, -0.1) is 0 Å². The molecule has 0 saturated carbocycles. The summed E-state index contributed by atoms with van der Waals surface area (Å²) in [6.07, 6.45) is 1.04. The molecule has 1 aromatic rings. The highest BCUT2D eigenvalue weighted by Gasteiger charge is 2.09. The van der Waals surface area contributed by atoms with E-state index in [-0.39, 0.29) is 18.5 Å². The fraction of sp³-hybridized carbons (Fsp3) is 0.438. The first-order valence-corrected chi connectivity index (χ1v) is 7.20. The number of rotatable bonds is 7. The number of nitrogens with one attached hydrogen (secondary N) is 2. The van der Waals surface area contributed by atoms with E-state index in [2.05, 4.69) is 10.6 Å². The van der Waals surface area contributed by atoms with Gasteiger partial charge in [-0.25, -0.2) is 0 Å². The van der Waals surface area contributed by atoms with E-state index in [1.165, 1.54) is 6.92 Å². The van der Waals surface area contributed by atoms with Crippen LogP contribution in [0.3, 0.4) is 0 Å². The van der Waals surface area contributed by atoms with Gasteiger partial charge in [0.2, 0.25) is 5.91 Å². The Bertz CT molecular complexity index is 541. The minimum atomic E-state index is -0.419. The lowest BCUT2D eigenvalue weighted by atomic mass is 10.1. The van der Waals surface area contributed by atoms with Crippen molar-refractivity contribution in [3.63, 3.8) is 0 Å². The highest BCUT2D eigenvalue weighted by molar-refractivity contribution is 5.94. The van der Waals surface area contributed by atoms with Crippen LogP contribution < -0.4 is 10.6 Å². The van der Waals surface area contributed by atoms with E-state index in [0.29, 0.717) is 23.7 Å². The average Bonchev–Trinajstić information content (AvgIpc) is 2.42. The normalized spacial score (nSPS) is 10.2. The summed E-state index contributed by atoms with van der Waals surface area (Å²) in [6, 6.07) is 6.72. The lowest BCUT2D eigenvalue weighted by Gasteiger charge is -2.09. The number of hydrogen-bond acceptors (Lipinski definition) is 4. The molecule has 6 nitrogen and oxygen atoms in total. The van der Waals surface area contributed by atoms with Crippen molar-refractivity contribution in [3.05, 3.63) is 24.3 Å². The Balaban J connectivity index is 2.41. The second-order valence-corrected chi connectivity index (χ2v) is 5.40. The van der Waals surface area contributed by atoms with E-state index < -0.39 is 5.91 Å². The number of ether oxygens (including phenoxy) is 1. The summed E-state index contributed by atoms with van der Waals surface area (Å²) in [6.45, 7) is 5.12. The largest absolute Gasteiger partial charge is 0.456 e. The molecule has 0 fully saturated rings. The van der Waals surface area contributed by atoms with Crippen molar-refractivity contribution in [2.75, 3.05) is 17.2 Å². The van der Waals surface area contributed by atoms with E-state index in [0.717, 1.165) is 6.42 Å². The first kappa shape index (κ1) is 17.7. The molecule has 0 saturated heterocycles. The zero-order valence-corrected chi connectivity index (χ0v) is 13.1. The van der Waals surface area contributed by atoms with Crippen LogP contribution >= 0.6 is 0 Å². The predicted molar refractivity (Wildman–Crippen MR) is 84.4 cm³/mol. The monoisotopic (exact) mass is 306 g/mol. The molecular formula is C16H22N2O4. The Kier molecular flexibility index (Phi) is 7.08. The van der Waals surface area contributed by atoms with Gasteiger partial charge in [-0.05, 0) is 30.5 Å². The number of amides is 2. The van der Waals surface area contributed by atoms with Crippen LogP contribution in [0, 0.1) is 5.92 Å². The smallest absolute Gasteiger partial charge is 0.306 e. The van der Waals surface area contributed by atoms with Crippen molar-refractivity contribution < 1.29 is 19.1 Å². The maximum Gasteiger partial charge on any atom is 0.306 e. The molecule has 2 amide bonds. The summed E-state index contributed by atoms with van der Waals surface area (Å²) in [4.78, 5) is 34.1. The van der Waals surface area contributed by atoms with Gasteiger partial charge in [0.05, 0.1) is 0 Å². The molecule has 0 unspecified atom stereocenters. The van der Waals surface area contributed by atoms with Crippen LogP contribution in [0.25, 0.3) is 0 Å². The third kappa shape index (κ3) is 7.42. The van der Waals surface area contributed by atoms with Crippen LogP contribution in [0.4, 0.5) is 11.4 Å². The predicted octanol–water partition coefficient (Wildman–Crippen LogP) is 2.56. The van der Waals surface area contributed by atoms with E-state index in [9.17, 15) is 14.4 Å². The summed E-state index contributed by atoms with van der Waals surface area (Å²) >= 11 is 0. The molecular weight excluding hydrogens is 284 g/mol. The number of benzene rings is 1. The highest BCUT2D eigenvalue weighted by Crippen LogP contribution is 2.15. The van der Waals surface area contributed by atoms with Crippen LogP contribution in [-0.4, -0.2) is 24.4 Å². The molecule has 0 bridgehead atoms. The molecule has 2 N–H and O–H groups in total. The van der Waals surface area contributed by atoms with E-state index in [1.54, 1.807) is 24.3 Å². The maximum absolute atomic E-state index is 11.7. The van der Waals surface area contributed by atoms with Crippen LogP contribution in [-0.2, 0) is 19.1 Å². The van der Waals surface area contributed by atoms with Crippen molar-refractivity contribution in [2.24, 2.45) is 5.92 Å². The van der Waals surface area contributed by atoms with Crippen LogP contribution in [0.15, 0.2) is 24.3 Å². The summed E-state index contributed by atoms with van der Waals surface area (Å²) in [5.41, 5.74) is 1.11. The van der Waals surface area contributed by atoms with Gasteiger partial charge in [0.1, 0.15) is 0 Å². The number of anilines is 2. The summed E-state index contributed by atoms with van der Waals surface area (Å²) in [5, 5.41) is 5.23. The van der Waals surface area contributed by atoms with Gasteiger partial charge in [-0.3, -0.25) is 14.4 Å². The van der Waals surface area contributed by atoms with E-state index >= 15 is 0 Å². The molecule has 0 aliphatic carbocycles. The third-order valence-electron chi connectivity index (χ3n) is 2.76. The molecule has 1 rings (SSSR count). The number of carbonyl (C=O) groups is 3. The molecule has 0 spiro atoms. The molecule has 0 aliphatic heterocycles. The Hall–Kier alpha value is -2.37. The molecule has 0 aromatic heterocycles. The molecule has 120 valence electrons. The molecule has 6 heteroatoms. The third-order valence-corrected chi connectivity index (χ3v) is 2.76. The zero-order chi connectivity index (χ0) is 16.5. The number of carbonyl (C=O) groups excluding carboxylic acids is 3. The van der Waals surface area contributed by atoms with Gasteiger partial charge < -0.3 is 15.4 Å². The molecule has 0 atom stereocenters. The maximum atomic E-state index is 11.7. The van der Waals surface area contributed by atoms with Gasteiger partial charge >= 0.3 is 5.97 Å². The zero-order valence-electron chi connectivity index (χ0n) is 13.1. The molecule has 1 aromatic carbocycles. The van der Waals surface area contributed by atoms with Crippen molar-refractivity contribution in [1.82, 2.24) is 0 Å². The van der Waals surface area contributed by atoms with Crippen molar-refractivity contribution in [1.29, 1.82) is 0 Å². The Morgan fingerprint density at radius 2 is 1.77 bits per heavy atom. The minimum absolute atomic E-state index is 0.192.